The Kier molecular flexibility index (Phi) is 7.45. The molecular formula is C18H18ClN5OS. The Hall–Kier alpha value is -2.56. The second-order valence-electron chi connectivity index (χ2n) is 5.27. The minimum absolute atomic E-state index is 0.0463. The second-order valence-corrected chi connectivity index (χ2v) is 6.42. The smallest absolute Gasteiger partial charge is 0.289 e. The van der Waals surface area contributed by atoms with Crippen molar-refractivity contribution in [2.75, 3.05) is 18.1 Å². The monoisotopic (exact) mass is 387 g/mol. The van der Waals surface area contributed by atoms with E-state index in [9.17, 15) is 10.1 Å². The van der Waals surface area contributed by atoms with Crippen LogP contribution in [0.4, 0.5) is 5.69 Å². The molecular weight excluding hydrogens is 370 g/mol. The molecule has 0 aliphatic heterocycles. The SMILES string of the molecule is CS/C=C/CNC(=O)c1ncc(N[C@@H](C)c2ccccc2Cl)c(C#N)n1. The van der Waals surface area contributed by atoms with E-state index >= 15 is 0 Å². The van der Waals surface area contributed by atoms with E-state index in [1.165, 1.54) is 18.0 Å². The van der Waals surface area contributed by atoms with Gasteiger partial charge in [0.2, 0.25) is 5.82 Å². The Morgan fingerprint density at radius 2 is 2.23 bits per heavy atom. The summed E-state index contributed by atoms with van der Waals surface area (Å²) in [6.07, 6.45) is 5.18. The van der Waals surface area contributed by atoms with E-state index in [1.807, 2.05) is 48.9 Å². The highest BCUT2D eigenvalue weighted by molar-refractivity contribution is 8.01. The summed E-state index contributed by atoms with van der Waals surface area (Å²) in [5.74, 6) is -0.479. The predicted octanol–water partition coefficient (Wildman–Crippen LogP) is 3.78. The van der Waals surface area contributed by atoms with Gasteiger partial charge in [0.1, 0.15) is 6.07 Å². The molecule has 8 heteroatoms. The zero-order valence-electron chi connectivity index (χ0n) is 14.4. The number of halogens is 1. The zero-order valence-corrected chi connectivity index (χ0v) is 15.9. The number of benzene rings is 1. The number of nitrogens with one attached hydrogen (secondary N) is 2. The van der Waals surface area contributed by atoms with Gasteiger partial charge in [0.15, 0.2) is 5.69 Å². The summed E-state index contributed by atoms with van der Waals surface area (Å²) in [5.41, 5.74) is 1.43. The van der Waals surface area contributed by atoms with Crippen molar-refractivity contribution in [3.63, 3.8) is 0 Å². The van der Waals surface area contributed by atoms with E-state index in [-0.39, 0.29) is 17.6 Å². The summed E-state index contributed by atoms with van der Waals surface area (Å²) in [4.78, 5) is 20.2. The molecule has 1 amide bonds. The average molecular weight is 388 g/mol. The molecule has 0 radical (unpaired) electrons. The third-order valence-electron chi connectivity index (χ3n) is 3.45. The van der Waals surface area contributed by atoms with E-state index in [2.05, 4.69) is 20.6 Å². The van der Waals surface area contributed by atoms with E-state index in [0.29, 0.717) is 17.3 Å². The molecule has 2 N–H and O–H groups in total. The minimum Gasteiger partial charge on any atom is -0.375 e. The first kappa shape index (κ1) is 19.8. The number of carbonyl (C=O) groups is 1. The second kappa shape index (κ2) is 9.80. The first-order valence-corrected chi connectivity index (χ1v) is 9.47. The summed E-state index contributed by atoms with van der Waals surface area (Å²) >= 11 is 7.74. The molecule has 0 aliphatic rings. The van der Waals surface area contributed by atoms with Crippen LogP contribution in [0.1, 0.15) is 34.8 Å². The van der Waals surface area contributed by atoms with Crippen LogP contribution in [-0.2, 0) is 0 Å². The van der Waals surface area contributed by atoms with Crippen LogP contribution in [-0.4, -0.2) is 28.7 Å². The predicted molar refractivity (Wildman–Crippen MR) is 105 cm³/mol. The topological polar surface area (TPSA) is 90.7 Å². The first-order chi connectivity index (χ1) is 12.6. The van der Waals surface area contributed by atoms with E-state index in [4.69, 9.17) is 11.6 Å². The van der Waals surface area contributed by atoms with Gasteiger partial charge in [-0.3, -0.25) is 4.79 Å². The Bertz CT molecular complexity index is 850. The molecule has 0 saturated carbocycles. The summed E-state index contributed by atoms with van der Waals surface area (Å²) in [6.45, 7) is 2.29. The van der Waals surface area contributed by atoms with Gasteiger partial charge in [0.05, 0.1) is 17.9 Å². The number of thioether (sulfide) groups is 1. The van der Waals surface area contributed by atoms with Crippen molar-refractivity contribution in [1.29, 1.82) is 5.26 Å². The van der Waals surface area contributed by atoms with Gasteiger partial charge >= 0.3 is 0 Å². The van der Waals surface area contributed by atoms with Gasteiger partial charge in [-0.1, -0.05) is 35.9 Å². The van der Waals surface area contributed by atoms with Crippen molar-refractivity contribution in [3.8, 4) is 6.07 Å². The Morgan fingerprint density at radius 1 is 1.46 bits per heavy atom. The fourth-order valence-corrected chi connectivity index (χ4v) is 2.78. The molecule has 6 nitrogen and oxygen atoms in total. The molecule has 1 aromatic carbocycles. The lowest BCUT2D eigenvalue weighted by Gasteiger charge is -2.17. The van der Waals surface area contributed by atoms with E-state index in [0.717, 1.165) is 5.56 Å². The van der Waals surface area contributed by atoms with Gasteiger partial charge in [-0.15, -0.1) is 11.8 Å². The number of nitrogens with zero attached hydrogens (tertiary/aromatic N) is 3. The number of amides is 1. The molecule has 0 spiro atoms. The number of hydrogen-bond acceptors (Lipinski definition) is 6. The molecule has 0 aliphatic carbocycles. The maximum absolute atomic E-state index is 12.1. The Labute approximate surface area is 161 Å². The molecule has 26 heavy (non-hydrogen) atoms. The third-order valence-corrected chi connectivity index (χ3v) is 4.26. The Morgan fingerprint density at radius 3 is 2.92 bits per heavy atom. The van der Waals surface area contributed by atoms with Crippen molar-refractivity contribution in [2.45, 2.75) is 13.0 Å². The van der Waals surface area contributed by atoms with Crippen molar-refractivity contribution >= 4 is 35.0 Å². The lowest BCUT2D eigenvalue weighted by Crippen LogP contribution is -2.26. The standard InChI is InChI=1S/C18H18ClN5OS/c1-12(13-6-3-4-7-14(13)19)23-16-11-22-17(24-15(16)10-20)18(25)21-8-5-9-26-2/h3-7,9,11-12,23H,8H2,1-2H3,(H,21,25)/b9-5+/t12-/m0/s1. The molecule has 0 saturated heterocycles. The van der Waals surface area contributed by atoms with Gasteiger partial charge in [-0.2, -0.15) is 5.26 Å². The van der Waals surface area contributed by atoms with Crippen LogP contribution < -0.4 is 10.6 Å². The molecule has 1 aromatic heterocycles. The van der Waals surface area contributed by atoms with E-state index in [1.54, 1.807) is 6.07 Å². The molecule has 2 rings (SSSR count). The fourth-order valence-electron chi connectivity index (χ4n) is 2.19. The highest BCUT2D eigenvalue weighted by Gasteiger charge is 2.15. The normalized spacial score (nSPS) is 11.8. The largest absolute Gasteiger partial charge is 0.375 e. The lowest BCUT2D eigenvalue weighted by atomic mass is 10.1. The zero-order chi connectivity index (χ0) is 18.9. The van der Waals surface area contributed by atoms with Gasteiger partial charge in [-0.05, 0) is 30.2 Å². The summed E-state index contributed by atoms with van der Waals surface area (Å²) in [6, 6.07) is 9.28. The molecule has 0 fully saturated rings. The first-order valence-electron chi connectivity index (χ1n) is 7.81. The highest BCUT2D eigenvalue weighted by atomic mass is 35.5. The van der Waals surface area contributed by atoms with Crippen LogP contribution in [0.2, 0.25) is 5.02 Å². The molecule has 0 unspecified atom stereocenters. The van der Waals surface area contributed by atoms with Gasteiger partial charge < -0.3 is 10.6 Å². The molecule has 1 heterocycles. The number of aromatic nitrogens is 2. The molecule has 134 valence electrons. The van der Waals surface area contributed by atoms with Crippen molar-refractivity contribution in [3.05, 3.63) is 64.1 Å². The molecule has 1 atom stereocenters. The summed E-state index contributed by atoms with van der Waals surface area (Å²) in [5, 5.41) is 17.7. The van der Waals surface area contributed by atoms with Gasteiger partial charge in [0, 0.05) is 11.6 Å². The van der Waals surface area contributed by atoms with Crippen LogP contribution >= 0.6 is 23.4 Å². The van der Waals surface area contributed by atoms with Gasteiger partial charge in [-0.25, -0.2) is 9.97 Å². The molecule has 2 aromatic rings. The number of anilines is 1. The van der Waals surface area contributed by atoms with Crippen LogP contribution in [0.15, 0.2) is 41.9 Å². The van der Waals surface area contributed by atoms with Crippen LogP contribution in [0, 0.1) is 11.3 Å². The maximum atomic E-state index is 12.1. The quantitative estimate of drug-likeness (QED) is 0.751. The molecule has 0 bridgehead atoms. The number of rotatable bonds is 7. The van der Waals surface area contributed by atoms with Crippen LogP contribution in [0.5, 0.6) is 0 Å². The third kappa shape index (κ3) is 5.22. The summed E-state index contributed by atoms with van der Waals surface area (Å²) < 4.78 is 0. The average Bonchev–Trinajstić information content (AvgIpc) is 2.65. The van der Waals surface area contributed by atoms with E-state index < -0.39 is 5.91 Å². The number of hydrogen-bond donors (Lipinski definition) is 2. The summed E-state index contributed by atoms with van der Waals surface area (Å²) in [7, 11) is 0. The fraction of sp³-hybridized carbons (Fsp3) is 0.222. The van der Waals surface area contributed by atoms with Crippen molar-refractivity contribution in [1.82, 2.24) is 15.3 Å². The van der Waals surface area contributed by atoms with Crippen LogP contribution in [0.25, 0.3) is 0 Å². The number of nitriles is 1. The highest BCUT2D eigenvalue weighted by Crippen LogP contribution is 2.26. The van der Waals surface area contributed by atoms with Crippen molar-refractivity contribution < 1.29 is 4.79 Å². The minimum atomic E-state index is -0.432. The Balaban J connectivity index is 2.13. The van der Waals surface area contributed by atoms with Gasteiger partial charge in [0.25, 0.3) is 5.91 Å². The maximum Gasteiger partial charge on any atom is 0.289 e. The van der Waals surface area contributed by atoms with Crippen LogP contribution in [0.3, 0.4) is 0 Å². The number of carbonyl (C=O) groups excluding carboxylic acids is 1. The lowest BCUT2D eigenvalue weighted by molar-refractivity contribution is 0.0947. The van der Waals surface area contributed by atoms with Crippen molar-refractivity contribution in [2.24, 2.45) is 0 Å².